The number of esters is 1. The second kappa shape index (κ2) is 8.23. The Bertz CT molecular complexity index is 1380. The maximum atomic E-state index is 13.2. The summed E-state index contributed by atoms with van der Waals surface area (Å²) in [5.74, 6) is -0.183. The number of rotatable bonds is 7. The molecule has 0 saturated carbocycles. The highest BCUT2D eigenvalue weighted by atomic mass is 16.5. The highest BCUT2D eigenvalue weighted by Gasteiger charge is 2.21. The van der Waals surface area contributed by atoms with Crippen LogP contribution < -0.4 is 11.2 Å². The molecule has 0 atom stereocenters. The van der Waals surface area contributed by atoms with Gasteiger partial charge in [-0.3, -0.25) is 18.6 Å². The minimum absolute atomic E-state index is 0.0282. The molecule has 0 fully saturated rings. The van der Waals surface area contributed by atoms with Gasteiger partial charge >= 0.3 is 11.7 Å². The van der Waals surface area contributed by atoms with Gasteiger partial charge in [-0.2, -0.15) is 4.98 Å². The fraction of sp³-hybridized carbons (Fsp3) is 0.333. The molecule has 0 amide bonds. The van der Waals surface area contributed by atoms with Crippen LogP contribution in [0.25, 0.3) is 16.9 Å². The van der Waals surface area contributed by atoms with E-state index in [1.165, 1.54) is 11.6 Å². The van der Waals surface area contributed by atoms with Crippen molar-refractivity contribution in [1.82, 2.24) is 23.1 Å². The summed E-state index contributed by atoms with van der Waals surface area (Å²) in [6, 6.07) is 9.15. The third-order valence-electron chi connectivity index (χ3n) is 5.21. The molecule has 1 N–H and O–H groups in total. The summed E-state index contributed by atoms with van der Waals surface area (Å²) in [6.07, 6.45) is 2.29. The predicted octanol–water partition coefficient (Wildman–Crippen LogP) is 0.584. The largest absolute Gasteiger partial charge is 0.459 e. The molecule has 1 aromatic carbocycles. The lowest BCUT2D eigenvalue weighted by molar-refractivity contribution is -0.145. The van der Waals surface area contributed by atoms with Gasteiger partial charge in [0.15, 0.2) is 11.2 Å². The molecule has 3 heterocycles. The van der Waals surface area contributed by atoms with E-state index < -0.39 is 23.8 Å². The fourth-order valence-electron chi connectivity index (χ4n) is 3.61. The number of aliphatic hydroxyl groups excluding tert-OH is 1. The number of fused-ring (bicyclic) bond motifs is 3. The Balaban J connectivity index is 1.72. The summed E-state index contributed by atoms with van der Waals surface area (Å²) in [5, 5.41) is 9.15. The average Bonchev–Trinajstić information content (AvgIpc) is 3.28. The van der Waals surface area contributed by atoms with Crippen LogP contribution in [0.15, 0.2) is 46.1 Å². The van der Waals surface area contributed by atoms with Crippen molar-refractivity contribution in [3.63, 3.8) is 0 Å². The van der Waals surface area contributed by atoms with Gasteiger partial charge in [-0.05, 0) is 18.9 Å². The van der Waals surface area contributed by atoms with E-state index in [-0.39, 0.29) is 24.4 Å². The first-order valence-electron chi connectivity index (χ1n) is 9.90. The Labute approximate surface area is 176 Å². The van der Waals surface area contributed by atoms with E-state index in [1.807, 2.05) is 41.8 Å². The van der Waals surface area contributed by atoms with E-state index in [0.717, 1.165) is 15.8 Å². The van der Waals surface area contributed by atoms with Gasteiger partial charge in [0.2, 0.25) is 5.78 Å². The molecule has 31 heavy (non-hydrogen) atoms. The SMILES string of the molecule is Cc1cn2c3c(=O)n(CC(=O)OCc4ccccc4)c(=O)n(C)c3nc2n1CCCO. The number of aryl methyl sites for hydroxylation is 3. The fourth-order valence-corrected chi connectivity index (χ4v) is 3.61. The van der Waals surface area contributed by atoms with Gasteiger partial charge < -0.3 is 14.4 Å². The van der Waals surface area contributed by atoms with Crippen LogP contribution in [-0.2, 0) is 36.3 Å². The van der Waals surface area contributed by atoms with Crippen LogP contribution in [0, 0.1) is 6.92 Å². The highest BCUT2D eigenvalue weighted by Crippen LogP contribution is 2.16. The number of hydrogen-bond acceptors (Lipinski definition) is 6. The van der Waals surface area contributed by atoms with Crippen molar-refractivity contribution < 1.29 is 14.6 Å². The van der Waals surface area contributed by atoms with Crippen molar-refractivity contribution in [1.29, 1.82) is 0 Å². The molecule has 0 aliphatic heterocycles. The van der Waals surface area contributed by atoms with E-state index >= 15 is 0 Å². The Hall–Kier alpha value is -3.66. The highest BCUT2D eigenvalue weighted by molar-refractivity contribution is 5.76. The van der Waals surface area contributed by atoms with Crippen LogP contribution in [0.3, 0.4) is 0 Å². The quantitative estimate of drug-likeness (QED) is 0.434. The number of nitrogens with zero attached hydrogens (tertiary/aromatic N) is 5. The van der Waals surface area contributed by atoms with E-state index in [9.17, 15) is 14.4 Å². The van der Waals surface area contributed by atoms with E-state index in [1.54, 1.807) is 10.6 Å². The number of benzene rings is 1. The van der Waals surface area contributed by atoms with Gasteiger partial charge in [0, 0.05) is 32.1 Å². The van der Waals surface area contributed by atoms with Crippen molar-refractivity contribution in [3.8, 4) is 0 Å². The standard InChI is InChI=1S/C21H23N5O5/c1-14-11-25-17-18(22-20(25)24(14)9-6-10-27)23(2)21(30)26(19(17)29)12-16(28)31-13-15-7-4-3-5-8-15/h3-5,7-8,11,27H,6,9-10,12-13H2,1-2H3. The van der Waals surface area contributed by atoms with E-state index in [2.05, 4.69) is 4.98 Å². The topological polar surface area (TPSA) is 113 Å². The number of hydrogen-bond donors (Lipinski definition) is 1. The number of imidazole rings is 2. The first-order valence-corrected chi connectivity index (χ1v) is 9.90. The molecular formula is C21H23N5O5. The number of ether oxygens (including phenoxy) is 1. The molecule has 0 bridgehead atoms. The summed E-state index contributed by atoms with van der Waals surface area (Å²) >= 11 is 0. The lowest BCUT2D eigenvalue weighted by Gasteiger charge is -2.08. The third-order valence-corrected chi connectivity index (χ3v) is 5.21. The minimum atomic E-state index is -0.681. The number of carbonyl (C=O) groups excluding carboxylic acids is 1. The van der Waals surface area contributed by atoms with Crippen molar-refractivity contribution >= 4 is 22.9 Å². The van der Waals surface area contributed by atoms with Crippen LogP contribution in [0.4, 0.5) is 0 Å². The molecule has 4 aromatic rings. The van der Waals surface area contributed by atoms with Crippen LogP contribution >= 0.6 is 0 Å². The Morgan fingerprint density at radius 3 is 2.61 bits per heavy atom. The van der Waals surface area contributed by atoms with Crippen molar-refractivity contribution in [2.75, 3.05) is 6.61 Å². The van der Waals surface area contributed by atoms with Gasteiger partial charge in [-0.1, -0.05) is 30.3 Å². The second-order valence-electron chi connectivity index (χ2n) is 7.33. The van der Waals surface area contributed by atoms with Crippen LogP contribution in [0.1, 0.15) is 17.7 Å². The molecule has 0 radical (unpaired) electrons. The summed E-state index contributed by atoms with van der Waals surface area (Å²) in [6.45, 7) is 1.99. The smallest absolute Gasteiger partial charge is 0.333 e. The predicted molar refractivity (Wildman–Crippen MR) is 113 cm³/mol. The molecule has 0 unspecified atom stereocenters. The molecule has 4 rings (SSSR count). The zero-order chi connectivity index (χ0) is 22.1. The van der Waals surface area contributed by atoms with Crippen LogP contribution in [-0.4, -0.2) is 40.8 Å². The zero-order valence-corrected chi connectivity index (χ0v) is 17.3. The second-order valence-corrected chi connectivity index (χ2v) is 7.33. The normalized spacial score (nSPS) is 11.5. The molecule has 0 saturated heterocycles. The summed E-state index contributed by atoms with van der Waals surface area (Å²) in [5.41, 5.74) is 0.856. The van der Waals surface area contributed by atoms with E-state index in [0.29, 0.717) is 18.7 Å². The average molecular weight is 425 g/mol. The minimum Gasteiger partial charge on any atom is -0.459 e. The lowest BCUT2D eigenvalue weighted by atomic mass is 10.2. The maximum absolute atomic E-state index is 13.2. The zero-order valence-electron chi connectivity index (χ0n) is 17.3. The maximum Gasteiger partial charge on any atom is 0.333 e. The van der Waals surface area contributed by atoms with Crippen molar-refractivity contribution in [2.24, 2.45) is 7.05 Å². The van der Waals surface area contributed by atoms with Crippen LogP contribution in [0.2, 0.25) is 0 Å². The lowest BCUT2D eigenvalue weighted by Crippen LogP contribution is -2.41. The van der Waals surface area contributed by atoms with Gasteiger partial charge in [0.05, 0.1) is 0 Å². The molecule has 162 valence electrons. The first kappa shape index (κ1) is 20.6. The summed E-state index contributed by atoms with van der Waals surface area (Å²) in [4.78, 5) is 42.7. The monoisotopic (exact) mass is 425 g/mol. The van der Waals surface area contributed by atoms with Gasteiger partial charge in [-0.25, -0.2) is 9.36 Å². The van der Waals surface area contributed by atoms with Crippen LogP contribution in [0.5, 0.6) is 0 Å². The summed E-state index contributed by atoms with van der Waals surface area (Å²) in [7, 11) is 1.51. The molecule has 10 heteroatoms. The molecular weight excluding hydrogens is 402 g/mol. The van der Waals surface area contributed by atoms with Crippen molar-refractivity contribution in [3.05, 3.63) is 68.6 Å². The molecule has 10 nitrogen and oxygen atoms in total. The Morgan fingerprint density at radius 1 is 1.16 bits per heavy atom. The number of aromatic nitrogens is 5. The Morgan fingerprint density at radius 2 is 1.90 bits per heavy atom. The molecule has 3 aromatic heterocycles. The molecule has 0 spiro atoms. The van der Waals surface area contributed by atoms with E-state index in [4.69, 9.17) is 9.84 Å². The van der Waals surface area contributed by atoms with Crippen molar-refractivity contribution in [2.45, 2.75) is 33.0 Å². The number of aliphatic hydroxyl groups is 1. The molecule has 0 aliphatic carbocycles. The van der Waals surface area contributed by atoms with Gasteiger partial charge in [0.25, 0.3) is 5.56 Å². The first-order chi connectivity index (χ1) is 14.9. The summed E-state index contributed by atoms with van der Waals surface area (Å²) < 4.78 is 10.8. The molecule has 0 aliphatic rings. The van der Waals surface area contributed by atoms with Gasteiger partial charge in [-0.15, -0.1) is 0 Å². The third kappa shape index (κ3) is 3.66. The van der Waals surface area contributed by atoms with Gasteiger partial charge in [0.1, 0.15) is 13.2 Å². The Kier molecular flexibility index (Phi) is 5.47. The number of carbonyl (C=O) groups is 1.